The van der Waals surface area contributed by atoms with Gasteiger partial charge in [-0.05, 0) is 50.5 Å². The van der Waals surface area contributed by atoms with Gasteiger partial charge in [-0.25, -0.2) is 19.0 Å². The first-order valence-corrected chi connectivity index (χ1v) is 13.0. The molecule has 1 fully saturated rings. The first-order valence-electron chi connectivity index (χ1n) is 13.0. The number of carbonyl (C=O) groups excluding carboxylic acids is 2. The lowest BCUT2D eigenvalue weighted by atomic mass is 10.1. The van der Waals surface area contributed by atoms with E-state index in [0.29, 0.717) is 44.4 Å². The van der Waals surface area contributed by atoms with Gasteiger partial charge in [0.05, 0.1) is 29.8 Å². The molecule has 0 bridgehead atoms. The third-order valence-electron chi connectivity index (χ3n) is 6.53. The van der Waals surface area contributed by atoms with E-state index in [1.54, 1.807) is 28.6 Å². The number of esters is 1. The second kappa shape index (κ2) is 11.7. The average molecular weight is 511 g/mol. The van der Waals surface area contributed by atoms with E-state index in [9.17, 15) is 14.0 Å². The molecule has 1 aromatic carbocycles. The minimum Gasteiger partial charge on any atom is -0.466 e. The molecule has 0 saturated carbocycles. The van der Waals surface area contributed by atoms with Crippen LogP contribution in [0.4, 0.5) is 10.2 Å². The predicted molar refractivity (Wildman–Crippen MR) is 139 cm³/mol. The van der Waals surface area contributed by atoms with Gasteiger partial charge in [-0.15, -0.1) is 0 Å². The molecule has 1 aliphatic heterocycles. The average Bonchev–Trinajstić information content (AvgIpc) is 3.22. The lowest BCUT2D eigenvalue weighted by Crippen LogP contribution is -2.49. The summed E-state index contributed by atoms with van der Waals surface area (Å²) < 4.78 is 20.3. The van der Waals surface area contributed by atoms with Crippen LogP contribution in [-0.4, -0.2) is 69.3 Å². The topological polar surface area (TPSA) is 93.5 Å². The number of aryl methyl sites for hydroxylation is 2. The second-order valence-corrected chi connectivity index (χ2v) is 9.74. The molecule has 3 heterocycles. The Bertz CT molecular complexity index is 1250. The zero-order valence-corrected chi connectivity index (χ0v) is 22.0. The van der Waals surface area contributed by atoms with Crippen LogP contribution in [0, 0.1) is 18.7 Å². The summed E-state index contributed by atoms with van der Waals surface area (Å²) in [6.45, 7) is 10.6. The number of fused-ring (bicyclic) bond motifs is 1. The summed E-state index contributed by atoms with van der Waals surface area (Å²) >= 11 is 0. The van der Waals surface area contributed by atoms with Crippen molar-refractivity contribution < 1.29 is 18.7 Å². The minimum atomic E-state index is -0.347. The summed E-state index contributed by atoms with van der Waals surface area (Å²) in [4.78, 5) is 38.1. The number of halogens is 1. The van der Waals surface area contributed by atoms with E-state index < -0.39 is 0 Å². The largest absolute Gasteiger partial charge is 0.466 e. The lowest BCUT2D eigenvalue weighted by Gasteiger charge is -2.35. The van der Waals surface area contributed by atoms with Crippen molar-refractivity contribution in [2.75, 3.05) is 37.7 Å². The minimum absolute atomic E-state index is 0.0431. The fraction of sp³-hybridized carbons (Fsp3) is 0.519. The Balaban J connectivity index is 1.60. The van der Waals surface area contributed by atoms with Crippen molar-refractivity contribution in [1.29, 1.82) is 0 Å². The molecule has 37 heavy (non-hydrogen) atoms. The molecule has 9 nitrogen and oxygen atoms in total. The smallest absolute Gasteiger partial charge is 0.306 e. The van der Waals surface area contributed by atoms with Gasteiger partial charge in [0.25, 0.3) is 0 Å². The maximum absolute atomic E-state index is 13.6. The number of hydrogen-bond donors (Lipinski definition) is 0. The number of rotatable bonds is 9. The quantitative estimate of drug-likeness (QED) is 0.404. The van der Waals surface area contributed by atoms with E-state index in [1.807, 2.05) is 6.92 Å². The van der Waals surface area contributed by atoms with Crippen LogP contribution in [0.15, 0.2) is 24.3 Å². The molecule has 3 aromatic rings. The third kappa shape index (κ3) is 6.23. The van der Waals surface area contributed by atoms with Crippen molar-refractivity contribution >= 4 is 28.7 Å². The van der Waals surface area contributed by atoms with Gasteiger partial charge in [0.15, 0.2) is 5.65 Å². The molecular weight excluding hydrogens is 475 g/mol. The van der Waals surface area contributed by atoms with Crippen molar-refractivity contribution in [2.24, 2.45) is 5.92 Å². The van der Waals surface area contributed by atoms with E-state index in [2.05, 4.69) is 18.7 Å². The number of piperazine rings is 1. The Hall–Kier alpha value is -3.56. The number of carbonyl (C=O) groups is 2. The van der Waals surface area contributed by atoms with Crippen LogP contribution >= 0.6 is 0 Å². The van der Waals surface area contributed by atoms with Gasteiger partial charge in [-0.3, -0.25) is 9.59 Å². The van der Waals surface area contributed by atoms with E-state index in [1.165, 1.54) is 12.1 Å². The molecule has 1 amide bonds. The van der Waals surface area contributed by atoms with E-state index >= 15 is 0 Å². The van der Waals surface area contributed by atoms with Crippen LogP contribution in [0.1, 0.15) is 51.6 Å². The highest BCUT2D eigenvalue weighted by Gasteiger charge is 2.26. The molecule has 0 aliphatic carbocycles. The number of amides is 1. The Morgan fingerprint density at radius 1 is 1.05 bits per heavy atom. The zero-order valence-electron chi connectivity index (χ0n) is 22.0. The van der Waals surface area contributed by atoms with Crippen molar-refractivity contribution in [1.82, 2.24) is 24.6 Å². The van der Waals surface area contributed by atoms with Gasteiger partial charge in [0.1, 0.15) is 17.5 Å². The molecule has 198 valence electrons. The molecule has 10 heteroatoms. The molecule has 0 spiro atoms. The van der Waals surface area contributed by atoms with Crippen LogP contribution in [-0.2, 0) is 20.7 Å². The van der Waals surface area contributed by atoms with Crippen molar-refractivity contribution in [3.8, 4) is 5.69 Å². The molecule has 0 radical (unpaired) electrons. The van der Waals surface area contributed by atoms with Crippen molar-refractivity contribution in [2.45, 2.75) is 53.4 Å². The summed E-state index contributed by atoms with van der Waals surface area (Å²) in [6.07, 6.45) is 1.94. The molecule has 0 unspecified atom stereocenters. The van der Waals surface area contributed by atoms with Gasteiger partial charge < -0.3 is 14.5 Å². The Morgan fingerprint density at radius 2 is 1.76 bits per heavy atom. The fourth-order valence-electron chi connectivity index (χ4n) is 4.49. The predicted octanol–water partition coefficient (Wildman–Crippen LogP) is 3.84. The lowest BCUT2D eigenvalue weighted by molar-refractivity contribution is -0.145. The number of aromatic nitrogens is 4. The maximum atomic E-state index is 13.6. The van der Waals surface area contributed by atoms with E-state index in [-0.39, 0.29) is 30.5 Å². The monoisotopic (exact) mass is 510 g/mol. The molecule has 2 aromatic heterocycles. The van der Waals surface area contributed by atoms with Gasteiger partial charge in [-0.2, -0.15) is 5.10 Å². The SMILES string of the molecule is CCOC(=O)CCC(=O)N1CCN(c2nc(CCC(C)C)nc3c2c(C)nn3-c2ccc(F)cc2)CC1. The van der Waals surface area contributed by atoms with Gasteiger partial charge in [0.2, 0.25) is 5.91 Å². The zero-order chi connectivity index (χ0) is 26.5. The first kappa shape index (κ1) is 26.5. The van der Waals surface area contributed by atoms with Crippen LogP contribution in [0.25, 0.3) is 16.7 Å². The summed E-state index contributed by atoms with van der Waals surface area (Å²) in [6, 6.07) is 6.21. The number of benzene rings is 1. The second-order valence-electron chi connectivity index (χ2n) is 9.74. The molecule has 4 rings (SSSR count). The van der Waals surface area contributed by atoms with Crippen LogP contribution < -0.4 is 4.90 Å². The van der Waals surface area contributed by atoms with Crippen molar-refractivity contribution in [3.05, 3.63) is 41.6 Å². The number of anilines is 1. The van der Waals surface area contributed by atoms with E-state index in [4.69, 9.17) is 19.8 Å². The summed E-state index contributed by atoms with van der Waals surface area (Å²) in [5, 5.41) is 5.60. The molecular formula is C27H35FN6O3. The highest BCUT2D eigenvalue weighted by Crippen LogP contribution is 2.30. The number of hydrogen-bond acceptors (Lipinski definition) is 7. The van der Waals surface area contributed by atoms with Gasteiger partial charge in [0, 0.05) is 39.0 Å². The van der Waals surface area contributed by atoms with Crippen LogP contribution in [0.3, 0.4) is 0 Å². The molecule has 1 aliphatic rings. The molecule has 0 atom stereocenters. The maximum Gasteiger partial charge on any atom is 0.306 e. The highest BCUT2D eigenvalue weighted by atomic mass is 19.1. The highest BCUT2D eigenvalue weighted by molar-refractivity contribution is 5.91. The summed E-state index contributed by atoms with van der Waals surface area (Å²) in [5.74, 6) is 1.37. The molecule has 0 N–H and O–H groups in total. The summed E-state index contributed by atoms with van der Waals surface area (Å²) in [5.41, 5.74) is 2.22. The normalized spacial score (nSPS) is 14.0. The first-order chi connectivity index (χ1) is 17.8. The van der Waals surface area contributed by atoms with Crippen LogP contribution in [0.2, 0.25) is 0 Å². The third-order valence-corrected chi connectivity index (χ3v) is 6.53. The Morgan fingerprint density at radius 3 is 2.41 bits per heavy atom. The fourth-order valence-corrected chi connectivity index (χ4v) is 4.49. The Kier molecular flexibility index (Phi) is 8.35. The number of nitrogens with zero attached hydrogens (tertiary/aromatic N) is 6. The van der Waals surface area contributed by atoms with Crippen molar-refractivity contribution in [3.63, 3.8) is 0 Å². The van der Waals surface area contributed by atoms with Crippen LogP contribution in [0.5, 0.6) is 0 Å². The molecule has 1 saturated heterocycles. The Labute approximate surface area is 216 Å². The van der Waals surface area contributed by atoms with Gasteiger partial charge in [-0.1, -0.05) is 13.8 Å². The number of ether oxygens (including phenoxy) is 1. The summed E-state index contributed by atoms with van der Waals surface area (Å²) in [7, 11) is 0. The standard InChI is InChI=1S/C27H35FN6O3/c1-5-37-24(36)13-12-23(35)32-14-16-33(17-15-32)26-25-19(4)31-34(21-9-7-20(28)8-10-21)27(25)30-22(29-26)11-6-18(2)3/h7-10,18H,5-6,11-17H2,1-4H3. The van der Waals surface area contributed by atoms with E-state index in [0.717, 1.165) is 41.3 Å². The van der Waals surface area contributed by atoms with Gasteiger partial charge >= 0.3 is 5.97 Å².